The Balaban J connectivity index is 1.95. The SMILES string of the molecule is CCCNC(=O)N1CCCN(C(=O)Cc2ccc(C(C)(C)C)cc2C)CC1. The first-order valence-electron chi connectivity index (χ1n) is 10.1. The van der Waals surface area contributed by atoms with Crippen molar-refractivity contribution in [1.29, 1.82) is 0 Å². The van der Waals surface area contributed by atoms with Crippen molar-refractivity contribution in [3.8, 4) is 0 Å². The predicted molar refractivity (Wildman–Crippen MR) is 110 cm³/mol. The molecule has 0 saturated carbocycles. The molecule has 0 aromatic heterocycles. The van der Waals surface area contributed by atoms with Gasteiger partial charge in [0.1, 0.15) is 0 Å². The summed E-state index contributed by atoms with van der Waals surface area (Å²) in [5, 5.41) is 2.92. The van der Waals surface area contributed by atoms with E-state index in [2.05, 4.69) is 51.2 Å². The van der Waals surface area contributed by atoms with Gasteiger partial charge >= 0.3 is 6.03 Å². The van der Waals surface area contributed by atoms with E-state index >= 15 is 0 Å². The van der Waals surface area contributed by atoms with Crippen molar-refractivity contribution in [3.63, 3.8) is 0 Å². The monoisotopic (exact) mass is 373 g/mol. The first-order valence-corrected chi connectivity index (χ1v) is 10.1. The largest absolute Gasteiger partial charge is 0.341 e. The molecule has 1 N–H and O–H groups in total. The number of carbonyl (C=O) groups is 2. The van der Waals surface area contributed by atoms with Gasteiger partial charge in [-0.15, -0.1) is 0 Å². The highest BCUT2D eigenvalue weighted by molar-refractivity contribution is 5.79. The zero-order chi connectivity index (χ0) is 20.0. The number of hydrogen-bond donors (Lipinski definition) is 1. The highest BCUT2D eigenvalue weighted by atomic mass is 16.2. The number of hydrogen-bond acceptors (Lipinski definition) is 2. The molecule has 0 spiro atoms. The van der Waals surface area contributed by atoms with E-state index in [1.165, 1.54) is 11.1 Å². The smallest absolute Gasteiger partial charge is 0.317 e. The van der Waals surface area contributed by atoms with E-state index in [0.717, 1.165) is 24.9 Å². The van der Waals surface area contributed by atoms with E-state index < -0.39 is 0 Å². The molecule has 5 heteroatoms. The van der Waals surface area contributed by atoms with Crippen LogP contribution in [-0.4, -0.2) is 54.5 Å². The van der Waals surface area contributed by atoms with Crippen LogP contribution < -0.4 is 5.32 Å². The normalized spacial score (nSPS) is 15.4. The number of nitrogens with one attached hydrogen (secondary N) is 1. The van der Waals surface area contributed by atoms with Crippen LogP contribution in [0.4, 0.5) is 4.79 Å². The van der Waals surface area contributed by atoms with Crippen LogP contribution in [0.2, 0.25) is 0 Å². The molecule has 3 amide bonds. The summed E-state index contributed by atoms with van der Waals surface area (Å²) in [7, 11) is 0. The molecule has 1 fully saturated rings. The summed E-state index contributed by atoms with van der Waals surface area (Å²) in [4.78, 5) is 28.7. The Morgan fingerprint density at radius 3 is 2.37 bits per heavy atom. The number of urea groups is 1. The second-order valence-corrected chi connectivity index (χ2v) is 8.52. The minimum Gasteiger partial charge on any atom is -0.341 e. The Labute approximate surface area is 164 Å². The molecule has 0 unspecified atom stereocenters. The zero-order valence-electron chi connectivity index (χ0n) is 17.6. The molecule has 2 rings (SSSR count). The van der Waals surface area contributed by atoms with Gasteiger partial charge in [-0.05, 0) is 41.9 Å². The lowest BCUT2D eigenvalue weighted by atomic mass is 9.85. The summed E-state index contributed by atoms with van der Waals surface area (Å²) in [6, 6.07) is 6.42. The third-order valence-electron chi connectivity index (χ3n) is 5.21. The van der Waals surface area contributed by atoms with Gasteiger partial charge in [-0.2, -0.15) is 0 Å². The number of carbonyl (C=O) groups excluding carboxylic acids is 2. The maximum absolute atomic E-state index is 12.8. The summed E-state index contributed by atoms with van der Waals surface area (Å²) in [6.45, 7) is 14.1. The Hall–Kier alpha value is -2.04. The van der Waals surface area contributed by atoms with Crippen molar-refractivity contribution in [1.82, 2.24) is 15.1 Å². The molecule has 27 heavy (non-hydrogen) atoms. The third kappa shape index (κ3) is 5.98. The predicted octanol–water partition coefficient (Wildman–Crippen LogP) is 3.49. The molecule has 1 aromatic carbocycles. The standard InChI is InChI=1S/C22H35N3O2/c1-6-10-23-21(27)25-12-7-11-24(13-14-25)20(26)16-18-8-9-19(15-17(18)2)22(3,4)5/h8-9,15H,6-7,10-14,16H2,1-5H3,(H,23,27). The summed E-state index contributed by atoms with van der Waals surface area (Å²) in [5.41, 5.74) is 3.67. The lowest BCUT2D eigenvalue weighted by molar-refractivity contribution is -0.130. The first-order chi connectivity index (χ1) is 12.7. The Kier molecular flexibility index (Phi) is 7.28. The molecular formula is C22H35N3O2. The number of aryl methyl sites for hydroxylation is 1. The van der Waals surface area contributed by atoms with Crippen molar-refractivity contribution in [2.75, 3.05) is 32.7 Å². The summed E-state index contributed by atoms with van der Waals surface area (Å²) >= 11 is 0. The van der Waals surface area contributed by atoms with Crippen LogP contribution in [0.5, 0.6) is 0 Å². The quantitative estimate of drug-likeness (QED) is 0.878. The van der Waals surface area contributed by atoms with Gasteiger partial charge in [-0.25, -0.2) is 4.79 Å². The Morgan fingerprint density at radius 1 is 1.07 bits per heavy atom. The average Bonchev–Trinajstić information content (AvgIpc) is 2.86. The molecule has 1 heterocycles. The summed E-state index contributed by atoms with van der Waals surface area (Å²) < 4.78 is 0. The van der Waals surface area contributed by atoms with Gasteiger partial charge in [-0.3, -0.25) is 4.79 Å². The minimum absolute atomic E-state index is 0.0141. The van der Waals surface area contributed by atoms with Crippen molar-refractivity contribution in [2.24, 2.45) is 0 Å². The zero-order valence-corrected chi connectivity index (χ0v) is 17.6. The van der Waals surface area contributed by atoms with Crippen molar-refractivity contribution < 1.29 is 9.59 Å². The van der Waals surface area contributed by atoms with Gasteiger partial charge in [-0.1, -0.05) is 45.9 Å². The molecule has 0 atom stereocenters. The first kappa shape index (κ1) is 21.3. The molecule has 5 nitrogen and oxygen atoms in total. The fraction of sp³-hybridized carbons (Fsp3) is 0.636. The topological polar surface area (TPSA) is 52.7 Å². The lowest BCUT2D eigenvalue weighted by Gasteiger charge is -2.23. The van der Waals surface area contributed by atoms with Gasteiger partial charge in [0.25, 0.3) is 0 Å². The molecular weight excluding hydrogens is 338 g/mol. The van der Waals surface area contributed by atoms with E-state index in [0.29, 0.717) is 32.6 Å². The van der Waals surface area contributed by atoms with Crippen LogP contribution in [0.25, 0.3) is 0 Å². The number of amides is 3. The molecule has 1 saturated heterocycles. The average molecular weight is 374 g/mol. The number of benzene rings is 1. The Bertz CT molecular complexity index is 664. The number of nitrogens with zero attached hydrogens (tertiary/aromatic N) is 2. The molecule has 0 radical (unpaired) electrons. The van der Waals surface area contributed by atoms with Crippen molar-refractivity contribution in [3.05, 3.63) is 34.9 Å². The van der Waals surface area contributed by atoms with Gasteiger partial charge in [0.2, 0.25) is 5.91 Å². The van der Waals surface area contributed by atoms with Gasteiger partial charge < -0.3 is 15.1 Å². The summed E-state index contributed by atoms with van der Waals surface area (Å²) in [6.07, 6.45) is 2.18. The van der Waals surface area contributed by atoms with Crippen LogP contribution in [0.15, 0.2) is 18.2 Å². The molecule has 0 bridgehead atoms. The van der Waals surface area contributed by atoms with Crippen LogP contribution >= 0.6 is 0 Å². The van der Waals surface area contributed by atoms with Gasteiger partial charge in [0, 0.05) is 32.7 Å². The summed E-state index contributed by atoms with van der Waals surface area (Å²) in [5.74, 6) is 0.150. The molecule has 1 aliphatic heterocycles. The highest BCUT2D eigenvalue weighted by Crippen LogP contribution is 2.24. The van der Waals surface area contributed by atoms with Crippen LogP contribution in [0.1, 0.15) is 57.2 Å². The lowest BCUT2D eigenvalue weighted by Crippen LogP contribution is -2.43. The van der Waals surface area contributed by atoms with Crippen molar-refractivity contribution in [2.45, 2.75) is 59.3 Å². The van der Waals surface area contributed by atoms with Crippen LogP contribution in [-0.2, 0) is 16.6 Å². The molecule has 1 aliphatic rings. The second-order valence-electron chi connectivity index (χ2n) is 8.52. The van der Waals surface area contributed by atoms with E-state index in [4.69, 9.17) is 0 Å². The van der Waals surface area contributed by atoms with Gasteiger partial charge in [0.05, 0.1) is 6.42 Å². The van der Waals surface area contributed by atoms with E-state index in [1.807, 2.05) is 16.7 Å². The van der Waals surface area contributed by atoms with Crippen LogP contribution in [0, 0.1) is 6.92 Å². The molecule has 150 valence electrons. The van der Waals surface area contributed by atoms with E-state index in [9.17, 15) is 9.59 Å². The van der Waals surface area contributed by atoms with E-state index in [-0.39, 0.29) is 17.4 Å². The highest BCUT2D eigenvalue weighted by Gasteiger charge is 2.22. The van der Waals surface area contributed by atoms with Crippen LogP contribution in [0.3, 0.4) is 0 Å². The fourth-order valence-corrected chi connectivity index (χ4v) is 3.35. The third-order valence-corrected chi connectivity index (χ3v) is 5.21. The molecule has 1 aromatic rings. The maximum atomic E-state index is 12.8. The fourth-order valence-electron chi connectivity index (χ4n) is 3.35. The Morgan fingerprint density at radius 2 is 1.74 bits per heavy atom. The van der Waals surface area contributed by atoms with Crippen molar-refractivity contribution >= 4 is 11.9 Å². The van der Waals surface area contributed by atoms with Gasteiger partial charge in [0.15, 0.2) is 0 Å². The number of rotatable bonds is 4. The minimum atomic E-state index is -0.0141. The van der Waals surface area contributed by atoms with E-state index in [1.54, 1.807) is 0 Å². The maximum Gasteiger partial charge on any atom is 0.317 e. The second kappa shape index (κ2) is 9.25. The molecule has 0 aliphatic carbocycles.